The number of Topliss-reactive ketones (excluding diaryl/α,β-unsaturated/α-hetero) is 1. The third kappa shape index (κ3) is 3.77. The number of ether oxygens (including phenoxy) is 1. The van der Waals surface area contributed by atoms with Crippen molar-refractivity contribution in [3.8, 4) is 5.75 Å². The first-order chi connectivity index (χ1) is 12.5. The fourth-order valence-electron chi connectivity index (χ4n) is 2.88. The Morgan fingerprint density at radius 2 is 1.77 bits per heavy atom. The van der Waals surface area contributed by atoms with Gasteiger partial charge in [0.05, 0.1) is 12.8 Å². The van der Waals surface area contributed by atoms with Crippen molar-refractivity contribution in [3.05, 3.63) is 64.9 Å². The van der Waals surface area contributed by atoms with Crippen molar-refractivity contribution >= 4 is 23.1 Å². The summed E-state index contributed by atoms with van der Waals surface area (Å²) in [6.45, 7) is 3.82. The predicted octanol–water partition coefficient (Wildman–Crippen LogP) is 4.30. The molecule has 2 aromatic carbocycles. The van der Waals surface area contributed by atoms with Crippen LogP contribution in [-0.4, -0.2) is 18.8 Å². The van der Waals surface area contributed by atoms with Crippen LogP contribution in [0.5, 0.6) is 5.75 Å². The van der Waals surface area contributed by atoms with Crippen LogP contribution in [0.2, 0.25) is 0 Å². The first-order valence-corrected chi connectivity index (χ1v) is 8.54. The number of methoxy groups -OCH3 is 1. The fourth-order valence-corrected chi connectivity index (χ4v) is 2.88. The minimum Gasteiger partial charge on any atom is -0.495 e. The number of aryl methyl sites for hydroxylation is 1. The van der Waals surface area contributed by atoms with Crippen molar-refractivity contribution in [3.63, 3.8) is 0 Å². The standard InChI is InChI=1S/C21H22N2O3/c1-13-4-7-16(8-5-13)22-21(25)15-6-9-18(20(12-15)26-3)23-17-10-11-19(24)14(17)2/h4-9,12,23H,10-11H2,1-3H3,(H,22,25). The maximum absolute atomic E-state index is 12.5. The zero-order valence-corrected chi connectivity index (χ0v) is 15.2. The van der Waals surface area contributed by atoms with Crippen molar-refractivity contribution in [1.29, 1.82) is 0 Å². The van der Waals surface area contributed by atoms with Crippen LogP contribution in [0, 0.1) is 6.92 Å². The summed E-state index contributed by atoms with van der Waals surface area (Å²) in [7, 11) is 1.56. The monoisotopic (exact) mass is 350 g/mol. The van der Waals surface area contributed by atoms with Gasteiger partial charge in [-0.1, -0.05) is 17.7 Å². The molecule has 1 amide bonds. The van der Waals surface area contributed by atoms with Gasteiger partial charge in [0.15, 0.2) is 5.78 Å². The second kappa shape index (κ2) is 7.44. The molecule has 0 saturated heterocycles. The van der Waals surface area contributed by atoms with Crippen molar-refractivity contribution in [1.82, 2.24) is 0 Å². The number of rotatable bonds is 5. The highest BCUT2D eigenvalue weighted by Gasteiger charge is 2.20. The number of anilines is 2. The molecule has 5 heteroatoms. The summed E-state index contributed by atoms with van der Waals surface area (Å²) in [5, 5.41) is 6.14. The summed E-state index contributed by atoms with van der Waals surface area (Å²) in [6.07, 6.45) is 1.23. The minimum absolute atomic E-state index is 0.167. The molecule has 0 spiro atoms. The molecular formula is C21H22N2O3. The second-order valence-electron chi connectivity index (χ2n) is 6.39. The minimum atomic E-state index is -0.204. The molecule has 0 unspecified atom stereocenters. The van der Waals surface area contributed by atoms with Gasteiger partial charge < -0.3 is 15.4 Å². The molecule has 0 bridgehead atoms. The number of nitrogens with one attached hydrogen (secondary N) is 2. The average molecular weight is 350 g/mol. The summed E-state index contributed by atoms with van der Waals surface area (Å²) in [4.78, 5) is 24.2. The molecule has 134 valence electrons. The number of hydrogen-bond donors (Lipinski definition) is 2. The number of ketones is 1. The summed E-state index contributed by atoms with van der Waals surface area (Å²) in [6, 6.07) is 12.9. The molecule has 0 radical (unpaired) electrons. The molecule has 5 nitrogen and oxygen atoms in total. The molecular weight excluding hydrogens is 328 g/mol. The average Bonchev–Trinajstić information content (AvgIpc) is 2.96. The van der Waals surface area contributed by atoms with E-state index in [9.17, 15) is 9.59 Å². The van der Waals surface area contributed by atoms with Gasteiger partial charge in [-0.3, -0.25) is 9.59 Å². The normalized spacial score (nSPS) is 13.7. The van der Waals surface area contributed by atoms with E-state index in [1.807, 2.05) is 38.1 Å². The van der Waals surface area contributed by atoms with E-state index in [0.717, 1.165) is 28.2 Å². The highest BCUT2D eigenvalue weighted by atomic mass is 16.5. The molecule has 3 rings (SSSR count). The third-order valence-corrected chi connectivity index (χ3v) is 4.53. The maximum atomic E-state index is 12.5. The maximum Gasteiger partial charge on any atom is 0.255 e. The van der Waals surface area contributed by atoms with Gasteiger partial charge in [-0.05, 0) is 50.6 Å². The van der Waals surface area contributed by atoms with Crippen LogP contribution in [0.15, 0.2) is 53.7 Å². The first-order valence-electron chi connectivity index (χ1n) is 8.54. The largest absolute Gasteiger partial charge is 0.495 e. The Morgan fingerprint density at radius 3 is 2.38 bits per heavy atom. The van der Waals surface area contributed by atoms with Gasteiger partial charge in [0, 0.05) is 28.9 Å². The van der Waals surface area contributed by atoms with Crippen LogP contribution in [0.4, 0.5) is 11.4 Å². The van der Waals surface area contributed by atoms with Gasteiger partial charge >= 0.3 is 0 Å². The van der Waals surface area contributed by atoms with Gasteiger partial charge in [0.2, 0.25) is 0 Å². The number of amides is 1. The molecule has 0 aromatic heterocycles. The SMILES string of the molecule is COc1cc(C(=O)Nc2ccc(C)cc2)ccc1NC1=C(C)C(=O)CC1. The van der Waals surface area contributed by atoms with Crippen molar-refractivity contribution < 1.29 is 14.3 Å². The Balaban J connectivity index is 1.78. The lowest BCUT2D eigenvalue weighted by molar-refractivity contribution is -0.114. The number of allylic oxidation sites excluding steroid dienone is 2. The topological polar surface area (TPSA) is 67.4 Å². The Kier molecular flexibility index (Phi) is 5.07. The number of carbonyl (C=O) groups is 2. The summed E-state index contributed by atoms with van der Waals surface area (Å²) in [5.41, 5.74) is 4.78. The molecule has 0 fully saturated rings. The zero-order chi connectivity index (χ0) is 18.7. The lowest BCUT2D eigenvalue weighted by atomic mass is 10.1. The number of benzene rings is 2. The van der Waals surface area contributed by atoms with E-state index in [-0.39, 0.29) is 11.7 Å². The first kappa shape index (κ1) is 17.7. The molecule has 0 aliphatic heterocycles. The van der Waals surface area contributed by atoms with Crippen LogP contribution in [-0.2, 0) is 4.79 Å². The Labute approximate surface area is 153 Å². The van der Waals surface area contributed by atoms with Crippen LogP contribution >= 0.6 is 0 Å². The van der Waals surface area contributed by atoms with Crippen LogP contribution in [0.25, 0.3) is 0 Å². The highest BCUT2D eigenvalue weighted by Crippen LogP contribution is 2.31. The quantitative estimate of drug-likeness (QED) is 0.843. The lowest BCUT2D eigenvalue weighted by Crippen LogP contribution is -2.12. The van der Waals surface area contributed by atoms with Gasteiger partial charge in [-0.2, -0.15) is 0 Å². The summed E-state index contributed by atoms with van der Waals surface area (Å²) < 4.78 is 5.42. The Hall–Kier alpha value is -3.08. The molecule has 1 aliphatic carbocycles. The van der Waals surface area contributed by atoms with E-state index >= 15 is 0 Å². The number of hydrogen-bond acceptors (Lipinski definition) is 4. The Morgan fingerprint density at radius 1 is 1.04 bits per heavy atom. The molecule has 26 heavy (non-hydrogen) atoms. The van der Waals surface area contributed by atoms with Crippen molar-refractivity contribution in [2.45, 2.75) is 26.7 Å². The molecule has 0 saturated carbocycles. The second-order valence-corrected chi connectivity index (χ2v) is 6.39. The van der Waals surface area contributed by atoms with E-state index in [2.05, 4.69) is 10.6 Å². The van der Waals surface area contributed by atoms with Gasteiger partial charge in [0.25, 0.3) is 5.91 Å². The molecule has 2 N–H and O–H groups in total. The van der Waals surface area contributed by atoms with Gasteiger partial charge in [-0.25, -0.2) is 0 Å². The third-order valence-electron chi connectivity index (χ3n) is 4.53. The fraction of sp³-hybridized carbons (Fsp3) is 0.238. The van der Waals surface area contributed by atoms with Crippen LogP contribution in [0.3, 0.4) is 0 Å². The molecule has 0 heterocycles. The highest BCUT2D eigenvalue weighted by molar-refractivity contribution is 6.05. The summed E-state index contributed by atoms with van der Waals surface area (Å²) >= 11 is 0. The van der Waals surface area contributed by atoms with Gasteiger partial charge in [0.1, 0.15) is 5.75 Å². The van der Waals surface area contributed by atoms with E-state index < -0.39 is 0 Å². The lowest BCUT2D eigenvalue weighted by Gasteiger charge is -2.14. The van der Waals surface area contributed by atoms with E-state index in [0.29, 0.717) is 24.2 Å². The summed E-state index contributed by atoms with van der Waals surface area (Å²) in [5.74, 6) is 0.520. The van der Waals surface area contributed by atoms with Gasteiger partial charge in [-0.15, -0.1) is 0 Å². The predicted molar refractivity (Wildman–Crippen MR) is 103 cm³/mol. The van der Waals surface area contributed by atoms with E-state index in [1.165, 1.54) is 0 Å². The van der Waals surface area contributed by atoms with E-state index in [1.54, 1.807) is 25.3 Å². The molecule has 1 aliphatic rings. The molecule has 0 atom stereocenters. The van der Waals surface area contributed by atoms with Crippen molar-refractivity contribution in [2.75, 3.05) is 17.7 Å². The van der Waals surface area contributed by atoms with Crippen molar-refractivity contribution in [2.24, 2.45) is 0 Å². The Bertz CT molecular complexity index is 883. The smallest absolute Gasteiger partial charge is 0.255 e. The van der Waals surface area contributed by atoms with Crippen LogP contribution in [0.1, 0.15) is 35.7 Å². The van der Waals surface area contributed by atoms with Crippen LogP contribution < -0.4 is 15.4 Å². The molecule has 2 aromatic rings. The zero-order valence-electron chi connectivity index (χ0n) is 15.2. The number of carbonyl (C=O) groups excluding carboxylic acids is 2. The van der Waals surface area contributed by atoms with E-state index in [4.69, 9.17) is 4.74 Å².